The number of aliphatic carboxylic acids is 1. The number of nitrogens with one attached hydrogen (secondary N) is 3. The number of aromatic nitrogens is 1. The molecule has 1 saturated heterocycles. The highest BCUT2D eigenvalue weighted by molar-refractivity contribution is 7.98. The SMILES string of the molecule is CSCCC(NC(=O)C(CC(C)C)NC(=O)C(N)Cc1c[nH]c2ccccc12)C(=O)N1CCCC1C(=O)O. The van der Waals surface area contributed by atoms with Crippen LogP contribution in [0.5, 0.6) is 0 Å². The average Bonchev–Trinajstić information content (AvgIpc) is 3.53. The van der Waals surface area contributed by atoms with Gasteiger partial charge in [-0.05, 0) is 61.7 Å². The zero-order valence-corrected chi connectivity index (χ0v) is 23.1. The van der Waals surface area contributed by atoms with Crippen LogP contribution in [0.2, 0.25) is 0 Å². The number of hydrogen-bond acceptors (Lipinski definition) is 6. The summed E-state index contributed by atoms with van der Waals surface area (Å²) in [6.07, 6.45) is 5.75. The Bertz CT molecular complexity index is 1140. The van der Waals surface area contributed by atoms with E-state index in [1.54, 1.807) is 0 Å². The van der Waals surface area contributed by atoms with Crippen molar-refractivity contribution in [2.75, 3.05) is 18.6 Å². The van der Waals surface area contributed by atoms with Crippen LogP contribution in [0.1, 0.15) is 45.1 Å². The molecule has 1 aromatic carbocycles. The summed E-state index contributed by atoms with van der Waals surface area (Å²) in [6, 6.07) is 4.25. The van der Waals surface area contributed by atoms with Gasteiger partial charge in [-0.3, -0.25) is 14.4 Å². The van der Waals surface area contributed by atoms with Crippen LogP contribution in [0.25, 0.3) is 10.9 Å². The molecule has 3 amide bonds. The van der Waals surface area contributed by atoms with E-state index in [0.29, 0.717) is 44.4 Å². The Morgan fingerprint density at radius 3 is 2.55 bits per heavy atom. The van der Waals surface area contributed by atoms with Crippen molar-refractivity contribution in [1.82, 2.24) is 20.5 Å². The first-order valence-corrected chi connectivity index (χ1v) is 14.4. The van der Waals surface area contributed by atoms with Crippen LogP contribution in [0, 0.1) is 5.92 Å². The maximum atomic E-state index is 13.4. The first kappa shape index (κ1) is 29.5. The lowest BCUT2D eigenvalue weighted by Crippen LogP contribution is -2.57. The third-order valence-electron chi connectivity index (χ3n) is 6.84. The van der Waals surface area contributed by atoms with Crippen LogP contribution in [0.3, 0.4) is 0 Å². The second-order valence-electron chi connectivity index (χ2n) is 10.2. The molecule has 4 unspecified atom stereocenters. The number of likely N-dealkylation sites (tertiary alicyclic amines) is 1. The number of carbonyl (C=O) groups is 4. The predicted molar refractivity (Wildman–Crippen MR) is 149 cm³/mol. The lowest BCUT2D eigenvalue weighted by Gasteiger charge is -2.29. The summed E-state index contributed by atoms with van der Waals surface area (Å²) >= 11 is 1.53. The molecule has 6 N–H and O–H groups in total. The van der Waals surface area contributed by atoms with E-state index in [2.05, 4.69) is 15.6 Å². The van der Waals surface area contributed by atoms with Gasteiger partial charge in [0.05, 0.1) is 6.04 Å². The molecular weight excluding hydrogens is 506 g/mol. The van der Waals surface area contributed by atoms with Crippen LogP contribution in [-0.2, 0) is 25.6 Å². The summed E-state index contributed by atoms with van der Waals surface area (Å²) in [5, 5.41) is 16.1. The third-order valence-corrected chi connectivity index (χ3v) is 7.48. The summed E-state index contributed by atoms with van der Waals surface area (Å²) in [7, 11) is 0. The highest BCUT2D eigenvalue weighted by Crippen LogP contribution is 2.21. The number of nitrogens with zero attached hydrogens (tertiary/aromatic N) is 1. The highest BCUT2D eigenvalue weighted by Gasteiger charge is 2.38. The Kier molecular flexibility index (Phi) is 10.6. The summed E-state index contributed by atoms with van der Waals surface area (Å²) in [5.74, 6) is -1.67. The molecule has 2 heterocycles. The van der Waals surface area contributed by atoms with E-state index < -0.39 is 47.9 Å². The molecular formula is C27H39N5O5S. The molecule has 4 atom stereocenters. The molecule has 1 aliphatic heterocycles. The summed E-state index contributed by atoms with van der Waals surface area (Å²) < 4.78 is 0. The van der Waals surface area contributed by atoms with E-state index in [0.717, 1.165) is 16.5 Å². The number of carboxylic acids is 1. The molecule has 0 saturated carbocycles. The van der Waals surface area contributed by atoms with Gasteiger partial charge >= 0.3 is 5.97 Å². The van der Waals surface area contributed by atoms with Gasteiger partial charge in [0, 0.05) is 23.6 Å². The van der Waals surface area contributed by atoms with Gasteiger partial charge in [0.25, 0.3) is 0 Å². The maximum absolute atomic E-state index is 13.4. The standard InChI is InChI=1S/C27H39N5O5S/c1-16(2)13-22(31-24(33)19(28)14-17-15-29-20-8-5-4-7-18(17)20)25(34)30-21(10-12-38-3)26(35)32-11-6-9-23(32)27(36)37/h4-5,7-8,15-16,19,21-23,29H,6,9-14,28H2,1-3H3,(H,30,34)(H,31,33)(H,36,37). The average molecular weight is 546 g/mol. The number of hydrogen-bond donors (Lipinski definition) is 5. The molecule has 1 fully saturated rings. The van der Waals surface area contributed by atoms with Crippen molar-refractivity contribution in [1.29, 1.82) is 0 Å². The topological polar surface area (TPSA) is 158 Å². The van der Waals surface area contributed by atoms with E-state index in [1.165, 1.54) is 16.7 Å². The van der Waals surface area contributed by atoms with Crippen molar-refractivity contribution in [3.05, 3.63) is 36.0 Å². The number of carboxylic acid groups (broad SMARTS) is 1. The molecule has 2 aromatic rings. The first-order chi connectivity index (χ1) is 18.1. The molecule has 0 bridgehead atoms. The van der Waals surface area contributed by atoms with Crippen LogP contribution in [0.15, 0.2) is 30.5 Å². The number of amides is 3. The molecule has 3 rings (SSSR count). The molecule has 0 spiro atoms. The fraction of sp³-hybridized carbons (Fsp3) is 0.556. The minimum Gasteiger partial charge on any atom is -0.480 e. The molecule has 0 aliphatic carbocycles. The predicted octanol–water partition coefficient (Wildman–Crippen LogP) is 1.88. The fourth-order valence-electron chi connectivity index (χ4n) is 4.86. The van der Waals surface area contributed by atoms with E-state index in [1.807, 2.05) is 50.6 Å². The Morgan fingerprint density at radius 1 is 1.16 bits per heavy atom. The van der Waals surface area contributed by atoms with Gasteiger partial charge in [0.1, 0.15) is 18.1 Å². The number of thioether (sulfide) groups is 1. The largest absolute Gasteiger partial charge is 0.480 e. The Morgan fingerprint density at radius 2 is 1.87 bits per heavy atom. The molecule has 10 nitrogen and oxygen atoms in total. The highest BCUT2D eigenvalue weighted by atomic mass is 32.2. The van der Waals surface area contributed by atoms with E-state index >= 15 is 0 Å². The normalized spacial score (nSPS) is 17.8. The van der Waals surface area contributed by atoms with Crippen molar-refractivity contribution < 1.29 is 24.3 Å². The monoisotopic (exact) mass is 545 g/mol. The van der Waals surface area contributed by atoms with Gasteiger partial charge in [-0.2, -0.15) is 11.8 Å². The van der Waals surface area contributed by atoms with E-state index in [9.17, 15) is 24.3 Å². The number of H-pyrrole nitrogens is 1. The first-order valence-electron chi connectivity index (χ1n) is 13.1. The van der Waals surface area contributed by atoms with Crippen LogP contribution >= 0.6 is 11.8 Å². The Hall–Kier alpha value is -3.05. The number of aromatic amines is 1. The number of fused-ring (bicyclic) bond motifs is 1. The minimum absolute atomic E-state index is 0.0891. The van der Waals surface area contributed by atoms with Gasteiger partial charge in [-0.1, -0.05) is 32.0 Å². The van der Waals surface area contributed by atoms with Crippen molar-refractivity contribution in [2.24, 2.45) is 11.7 Å². The van der Waals surface area contributed by atoms with Gasteiger partial charge in [0.2, 0.25) is 17.7 Å². The van der Waals surface area contributed by atoms with Gasteiger partial charge in [-0.15, -0.1) is 0 Å². The lowest BCUT2D eigenvalue weighted by molar-refractivity contribution is -0.149. The zero-order chi connectivity index (χ0) is 27.8. The zero-order valence-electron chi connectivity index (χ0n) is 22.2. The fourth-order valence-corrected chi connectivity index (χ4v) is 5.34. The summed E-state index contributed by atoms with van der Waals surface area (Å²) in [5.41, 5.74) is 8.11. The van der Waals surface area contributed by atoms with E-state index in [-0.39, 0.29) is 5.92 Å². The molecule has 11 heteroatoms. The van der Waals surface area contributed by atoms with E-state index in [4.69, 9.17) is 5.73 Å². The third kappa shape index (κ3) is 7.50. The quantitative estimate of drug-likeness (QED) is 0.257. The Labute approximate surface area is 227 Å². The molecule has 1 aromatic heterocycles. The number of carbonyl (C=O) groups excluding carboxylic acids is 3. The molecule has 1 aliphatic rings. The summed E-state index contributed by atoms with van der Waals surface area (Å²) in [4.78, 5) is 55.9. The maximum Gasteiger partial charge on any atom is 0.326 e. The van der Waals surface area contributed by atoms with Crippen LogP contribution < -0.4 is 16.4 Å². The minimum atomic E-state index is -1.04. The van der Waals surface area contributed by atoms with Crippen molar-refractivity contribution >= 4 is 46.4 Å². The van der Waals surface area contributed by atoms with Crippen LogP contribution in [0.4, 0.5) is 0 Å². The lowest BCUT2D eigenvalue weighted by atomic mass is 10.0. The van der Waals surface area contributed by atoms with Crippen LogP contribution in [-0.4, -0.2) is 81.4 Å². The second-order valence-corrected chi connectivity index (χ2v) is 11.2. The van der Waals surface area contributed by atoms with Gasteiger partial charge in [0.15, 0.2) is 0 Å². The molecule has 0 radical (unpaired) electrons. The van der Waals surface area contributed by atoms with Crippen molar-refractivity contribution in [2.45, 2.75) is 70.1 Å². The van der Waals surface area contributed by atoms with Crippen molar-refractivity contribution in [3.8, 4) is 0 Å². The van der Waals surface area contributed by atoms with Gasteiger partial charge in [-0.25, -0.2) is 4.79 Å². The molecule has 38 heavy (non-hydrogen) atoms. The van der Waals surface area contributed by atoms with Gasteiger partial charge < -0.3 is 31.4 Å². The van der Waals surface area contributed by atoms with Crippen molar-refractivity contribution in [3.63, 3.8) is 0 Å². The number of nitrogens with two attached hydrogens (primary N) is 1. The number of rotatable bonds is 13. The summed E-state index contributed by atoms with van der Waals surface area (Å²) in [6.45, 7) is 4.23. The number of benzene rings is 1. The smallest absolute Gasteiger partial charge is 0.326 e. The molecule has 208 valence electrons. The second kappa shape index (κ2) is 13.7. The Balaban J connectivity index is 1.70. The number of para-hydroxylation sites is 1.